The second-order valence-corrected chi connectivity index (χ2v) is 3.78. The van der Waals surface area contributed by atoms with Gasteiger partial charge in [-0.3, -0.25) is 0 Å². The molecule has 2 radical (unpaired) electrons. The first-order valence-electron chi connectivity index (χ1n) is 4.88. The van der Waals surface area contributed by atoms with Crippen molar-refractivity contribution in [1.29, 1.82) is 0 Å². The van der Waals surface area contributed by atoms with Crippen LogP contribution in [0.3, 0.4) is 0 Å². The van der Waals surface area contributed by atoms with Crippen molar-refractivity contribution in [2.45, 2.75) is 0 Å². The molecule has 0 aromatic heterocycles. The highest BCUT2D eigenvalue weighted by Gasteiger charge is 2.03. The molecule has 1 fully saturated rings. The number of hydrogen-bond acceptors (Lipinski definition) is 5. The van der Waals surface area contributed by atoms with E-state index in [1.165, 1.54) is 0 Å². The molecule has 4 nitrogen and oxygen atoms in total. The lowest BCUT2D eigenvalue weighted by atomic mass is 10.3. The first kappa shape index (κ1) is 12.3. The fourth-order valence-electron chi connectivity index (χ4n) is 1.13. The summed E-state index contributed by atoms with van der Waals surface area (Å²) in [5, 5.41) is 0. The molecule has 14 heavy (non-hydrogen) atoms. The largest absolute Gasteiger partial charge is 0.379 e. The van der Waals surface area contributed by atoms with Gasteiger partial charge in [0.15, 0.2) is 7.98 Å². The number of thiol groups is 1. The Labute approximate surface area is 92.5 Å². The topological polar surface area (TPSA) is 24.9 Å². The van der Waals surface area contributed by atoms with Crippen molar-refractivity contribution in [3.8, 4) is 0 Å². The molecule has 6 heteroatoms. The second kappa shape index (κ2) is 7.53. The van der Waals surface area contributed by atoms with Gasteiger partial charge < -0.3 is 14.3 Å². The summed E-state index contributed by atoms with van der Waals surface area (Å²) in [7, 11) is 5.69. The van der Waals surface area contributed by atoms with Crippen molar-refractivity contribution in [1.82, 2.24) is 9.12 Å². The highest BCUT2D eigenvalue weighted by molar-refractivity contribution is 7.77. The van der Waals surface area contributed by atoms with Crippen molar-refractivity contribution in [2.24, 2.45) is 0 Å². The average molecular weight is 216 g/mol. The monoisotopic (exact) mass is 216 g/mol. The Morgan fingerprint density at radius 3 is 1.79 bits per heavy atom. The Morgan fingerprint density at radius 1 is 0.857 bits per heavy atom. The Bertz CT molecular complexity index is 125. The first-order chi connectivity index (χ1) is 6.79. The summed E-state index contributed by atoms with van der Waals surface area (Å²) in [6.45, 7) is 5.84. The van der Waals surface area contributed by atoms with Crippen molar-refractivity contribution in [2.75, 3.05) is 52.6 Å². The van der Waals surface area contributed by atoms with Crippen LogP contribution in [0.1, 0.15) is 0 Å². The van der Waals surface area contributed by atoms with Gasteiger partial charge in [-0.25, -0.2) is 4.31 Å². The number of rotatable bonds is 0. The molecule has 0 saturated carbocycles. The van der Waals surface area contributed by atoms with Crippen molar-refractivity contribution >= 4 is 20.8 Å². The lowest BCUT2D eigenvalue weighted by molar-refractivity contribution is 0.0761. The predicted molar refractivity (Wildman–Crippen MR) is 59.5 cm³/mol. The van der Waals surface area contributed by atoms with E-state index in [0.717, 1.165) is 26.2 Å². The molecule has 0 atom stereocenters. The van der Waals surface area contributed by atoms with E-state index in [1.54, 1.807) is 4.81 Å². The molecule has 0 amide bonds. The predicted octanol–water partition coefficient (Wildman–Crippen LogP) is -0.435. The molecular formula is C8H17BN2O2S. The third-order valence-electron chi connectivity index (χ3n) is 2.03. The molecule has 0 aromatic rings. The van der Waals surface area contributed by atoms with Gasteiger partial charge in [0.05, 0.1) is 26.4 Å². The van der Waals surface area contributed by atoms with E-state index in [1.807, 2.05) is 4.31 Å². The van der Waals surface area contributed by atoms with Crippen LogP contribution in [0.4, 0.5) is 0 Å². The zero-order valence-electron chi connectivity index (χ0n) is 8.39. The van der Waals surface area contributed by atoms with E-state index < -0.39 is 0 Å². The quantitative estimate of drug-likeness (QED) is 0.438. The van der Waals surface area contributed by atoms with Crippen LogP contribution >= 0.6 is 12.8 Å². The van der Waals surface area contributed by atoms with Gasteiger partial charge in [-0.2, -0.15) is 0 Å². The Hall–Kier alpha value is 0.255. The second-order valence-electron chi connectivity index (χ2n) is 3.21. The van der Waals surface area contributed by atoms with Crippen molar-refractivity contribution in [3.05, 3.63) is 0 Å². The van der Waals surface area contributed by atoms with Crippen LogP contribution in [0.2, 0.25) is 0 Å². The lowest BCUT2D eigenvalue weighted by Crippen LogP contribution is -2.31. The molecule has 0 N–H and O–H groups in total. The molecule has 1 saturated heterocycles. The maximum absolute atomic E-state index is 5.69. The number of ether oxygens (including phenoxy) is 2. The molecule has 1 rings (SSSR count). The van der Waals surface area contributed by atoms with Crippen LogP contribution in [0.25, 0.3) is 0 Å². The Kier molecular flexibility index (Phi) is 6.63. The zero-order chi connectivity index (χ0) is 10.2. The summed E-state index contributed by atoms with van der Waals surface area (Å²) < 4.78 is 12.7. The molecule has 0 unspecified atom stereocenters. The standard InChI is InChI=1S/C8H17BN2O2S/c9-10-1-5-12-7-3-11(14)4-8-13-6-2-10/h14H,1-8H2. The maximum Gasteiger partial charge on any atom is 0.182 e. The van der Waals surface area contributed by atoms with Crippen LogP contribution in [-0.4, -0.2) is 69.7 Å². The highest BCUT2D eigenvalue weighted by Crippen LogP contribution is 1.94. The van der Waals surface area contributed by atoms with Crippen molar-refractivity contribution < 1.29 is 9.47 Å². The molecule has 0 aliphatic carbocycles. The molecular weight excluding hydrogens is 199 g/mol. The Morgan fingerprint density at radius 2 is 1.29 bits per heavy atom. The van der Waals surface area contributed by atoms with Gasteiger partial charge in [0.25, 0.3) is 0 Å². The molecule has 1 heterocycles. The molecule has 1 aliphatic heterocycles. The van der Waals surface area contributed by atoms with E-state index in [0.29, 0.717) is 26.4 Å². The summed E-state index contributed by atoms with van der Waals surface area (Å²) in [6.07, 6.45) is 0. The van der Waals surface area contributed by atoms with E-state index in [4.69, 9.17) is 17.5 Å². The molecule has 0 aromatic carbocycles. The van der Waals surface area contributed by atoms with E-state index >= 15 is 0 Å². The number of nitrogens with zero attached hydrogens (tertiary/aromatic N) is 2. The summed E-state index contributed by atoms with van der Waals surface area (Å²) in [5.41, 5.74) is 0. The van der Waals surface area contributed by atoms with Crippen LogP contribution in [0, 0.1) is 0 Å². The molecule has 0 spiro atoms. The SMILES string of the molecule is [B]N1CCOCCN(S)CCOCC1. The van der Waals surface area contributed by atoms with Gasteiger partial charge >= 0.3 is 0 Å². The summed E-state index contributed by atoms with van der Waals surface area (Å²) in [4.78, 5) is 1.72. The third kappa shape index (κ3) is 5.88. The highest BCUT2D eigenvalue weighted by atomic mass is 32.1. The average Bonchev–Trinajstić information content (AvgIpc) is 2.14. The van der Waals surface area contributed by atoms with Gasteiger partial charge in [-0.1, -0.05) is 12.8 Å². The fraction of sp³-hybridized carbons (Fsp3) is 1.00. The molecule has 0 bridgehead atoms. The van der Waals surface area contributed by atoms with Crippen LogP contribution < -0.4 is 0 Å². The van der Waals surface area contributed by atoms with Gasteiger partial charge in [0.2, 0.25) is 0 Å². The van der Waals surface area contributed by atoms with E-state index in [9.17, 15) is 0 Å². The van der Waals surface area contributed by atoms with E-state index in [-0.39, 0.29) is 0 Å². The summed E-state index contributed by atoms with van der Waals surface area (Å²) in [6, 6.07) is 0. The van der Waals surface area contributed by atoms with Gasteiger partial charge in [-0.05, 0) is 0 Å². The third-order valence-corrected chi connectivity index (χ3v) is 2.43. The minimum atomic E-state index is 0.665. The van der Waals surface area contributed by atoms with Crippen molar-refractivity contribution in [3.63, 3.8) is 0 Å². The summed E-state index contributed by atoms with van der Waals surface area (Å²) in [5.74, 6) is 0. The van der Waals surface area contributed by atoms with Crippen LogP contribution in [0.5, 0.6) is 0 Å². The minimum absolute atomic E-state index is 0.665. The summed E-state index contributed by atoms with van der Waals surface area (Å²) >= 11 is 4.28. The van der Waals surface area contributed by atoms with Gasteiger partial charge in [0, 0.05) is 26.2 Å². The molecule has 1 aliphatic rings. The van der Waals surface area contributed by atoms with Gasteiger partial charge in [-0.15, -0.1) is 0 Å². The minimum Gasteiger partial charge on any atom is -0.379 e. The van der Waals surface area contributed by atoms with Crippen LogP contribution in [-0.2, 0) is 9.47 Å². The number of hydrogen-bond donors (Lipinski definition) is 1. The lowest BCUT2D eigenvalue weighted by Gasteiger charge is -2.20. The molecule has 80 valence electrons. The normalized spacial score (nSPS) is 25.2. The van der Waals surface area contributed by atoms with Crippen LogP contribution in [0.15, 0.2) is 0 Å². The Balaban J connectivity index is 2.19. The maximum atomic E-state index is 5.69. The van der Waals surface area contributed by atoms with Gasteiger partial charge in [0.1, 0.15) is 0 Å². The fourth-order valence-corrected chi connectivity index (χ4v) is 1.29. The van der Waals surface area contributed by atoms with E-state index in [2.05, 4.69) is 12.8 Å². The smallest absolute Gasteiger partial charge is 0.182 e. The first-order valence-corrected chi connectivity index (χ1v) is 5.28. The zero-order valence-corrected chi connectivity index (χ0v) is 9.29.